The number of hydrogen-bond acceptors (Lipinski definition) is 6. The van der Waals surface area contributed by atoms with E-state index in [1.54, 1.807) is 0 Å². The Labute approximate surface area is 172 Å². The monoisotopic (exact) mass is 424 g/mol. The van der Waals surface area contributed by atoms with Crippen LogP contribution in [0.3, 0.4) is 0 Å². The lowest BCUT2D eigenvalue weighted by atomic mass is 10.0. The molecule has 3 atom stereocenters. The van der Waals surface area contributed by atoms with Gasteiger partial charge < -0.3 is 14.9 Å². The SMILES string of the molecule is CCN(C)C(C)C#CCOc1ccc(S(=O)(=O)N2CC(O)CCC2C(=O)O)cc1. The predicted octanol–water partition coefficient (Wildman–Crippen LogP) is 1.01. The second-order valence-corrected chi connectivity index (χ2v) is 8.88. The fourth-order valence-corrected chi connectivity index (χ4v) is 4.62. The van der Waals surface area contributed by atoms with Crippen molar-refractivity contribution in [1.29, 1.82) is 0 Å². The van der Waals surface area contributed by atoms with Crippen LogP contribution in [0.2, 0.25) is 0 Å². The van der Waals surface area contributed by atoms with Crippen molar-refractivity contribution >= 4 is 16.0 Å². The number of hydrogen-bond donors (Lipinski definition) is 2. The van der Waals surface area contributed by atoms with Gasteiger partial charge in [0.1, 0.15) is 18.4 Å². The van der Waals surface area contributed by atoms with Gasteiger partial charge in [-0.25, -0.2) is 8.42 Å². The van der Waals surface area contributed by atoms with Crippen LogP contribution >= 0.6 is 0 Å². The third kappa shape index (κ3) is 5.93. The van der Waals surface area contributed by atoms with Gasteiger partial charge in [0.05, 0.1) is 17.0 Å². The zero-order chi connectivity index (χ0) is 21.6. The van der Waals surface area contributed by atoms with Crippen LogP contribution in [0.1, 0.15) is 26.7 Å². The highest BCUT2D eigenvalue weighted by Crippen LogP contribution is 2.27. The summed E-state index contributed by atoms with van der Waals surface area (Å²) in [4.78, 5) is 13.5. The van der Waals surface area contributed by atoms with E-state index in [0.717, 1.165) is 10.8 Å². The van der Waals surface area contributed by atoms with E-state index in [1.807, 2.05) is 20.9 Å². The summed E-state index contributed by atoms with van der Waals surface area (Å²) in [7, 11) is -2.07. The predicted molar refractivity (Wildman–Crippen MR) is 108 cm³/mol. The summed E-state index contributed by atoms with van der Waals surface area (Å²) < 4.78 is 32.1. The maximum atomic E-state index is 12.9. The van der Waals surface area contributed by atoms with Crippen molar-refractivity contribution in [3.05, 3.63) is 24.3 Å². The quantitative estimate of drug-likeness (QED) is 0.629. The fraction of sp³-hybridized carbons (Fsp3) is 0.550. The number of β-amino-alcohol motifs (C(OH)–C–C–N with tert-alkyl or cyclic N) is 1. The lowest BCUT2D eigenvalue weighted by Crippen LogP contribution is -2.51. The molecule has 1 fully saturated rings. The molecular formula is C20H28N2O6S. The van der Waals surface area contributed by atoms with Crippen molar-refractivity contribution in [2.75, 3.05) is 26.7 Å². The third-order valence-electron chi connectivity index (χ3n) is 5.01. The van der Waals surface area contributed by atoms with Gasteiger partial charge in [0.2, 0.25) is 10.0 Å². The van der Waals surface area contributed by atoms with E-state index in [2.05, 4.69) is 16.7 Å². The second kappa shape index (κ2) is 10.1. The number of rotatable bonds is 7. The lowest BCUT2D eigenvalue weighted by Gasteiger charge is -2.34. The van der Waals surface area contributed by atoms with Crippen LogP contribution in [0.5, 0.6) is 5.75 Å². The van der Waals surface area contributed by atoms with Crippen LogP contribution in [0.25, 0.3) is 0 Å². The molecule has 2 rings (SSSR count). The number of nitrogens with zero attached hydrogens (tertiary/aromatic N) is 2. The van der Waals surface area contributed by atoms with E-state index in [9.17, 15) is 23.4 Å². The molecule has 0 aromatic heterocycles. The first kappa shape index (κ1) is 23.2. The molecule has 160 valence electrons. The topological polar surface area (TPSA) is 107 Å². The second-order valence-electron chi connectivity index (χ2n) is 6.99. The minimum atomic E-state index is -4.05. The number of aliphatic hydroxyl groups is 1. The molecule has 0 bridgehead atoms. The van der Waals surface area contributed by atoms with E-state index >= 15 is 0 Å². The minimum Gasteiger partial charge on any atom is -0.481 e. The Balaban J connectivity index is 2.06. The first-order valence-corrected chi connectivity index (χ1v) is 10.9. The maximum Gasteiger partial charge on any atom is 0.322 e. The normalized spacial score (nSPS) is 21.3. The average Bonchev–Trinajstić information content (AvgIpc) is 2.70. The highest BCUT2D eigenvalue weighted by atomic mass is 32.2. The highest BCUT2D eigenvalue weighted by Gasteiger charge is 2.40. The van der Waals surface area contributed by atoms with E-state index in [-0.39, 0.29) is 36.9 Å². The molecule has 1 aliphatic rings. The number of sulfonamides is 1. The molecule has 0 spiro atoms. The average molecular weight is 425 g/mol. The summed E-state index contributed by atoms with van der Waals surface area (Å²) in [5.74, 6) is 5.25. The number of aliphatic carboxylic acids is 1. The number of piperidine rings is 1. The summed E-state index contributed by atoms with van der Waals surface area (Å²) in [6.45, 7) is 4.87. The first-order chi connectivity index (χ1) is 13.7. The molecule has 0 aliphatic carbocycles. The van der Waals surface area contributed by atoms with Crippen molar-refractivity contribution in [3.8, 4) is 17.6 Å². The molecule has 29 heavy (non-hydrogen) atoms. The Morgan fingerprint density at radius 1 is 1.34 bits per heavy atom. The van der Waals surface area contributed by atoms with Gasteiger partial charge in [0, 0.05) is 6.54 Å². The zero-order valence-electron chi connectivity index (χ0n) is 16.9. The summed E-state index contributed by atoms with van der Waals surface area (Å²) in [6.07, 6.45) is -0.555. The van der Waals surface area contributed by atoms with Crippen molar-refractivity contribution < 1.29 is 28.2 Å². The number of ether oxygens (including phenoxy) is 1. The van der Waals surface area contributed by atoms with Gasteiger partial charge in [0.15, 0.2) is 0 Å². The van der Waals surface area contributed by atoms with Crippen molar-refractivity contribution in [3.63, 3.8) is 0 Å². The molecule has 1 aromatic rings. The van der Waals surface area contributed by atoms with Crippen molar-refractivity contribution in [2.24, 2.45) is 0 Å². The smallest absolute Gasteiger partial charge is 0.322 e. The van der Waals surface area contributed by atoms with Crippen LogP contribution in [0.15, 0.2) is 29.2 Å². The number of carboxylic acids is 1. The number of benzene rings is 1. The van der Waals surface area contributed by atoms with Gasteiger partial charge in [-0.3, -0.25) is 9.69 Å². The minimum absolute atomic E-state index is 0.0468. The Bertz CT molecular complexity index is 859. The number of aliphatic hydroxyl groups excluding tert-OH is 1. The molecule has 1 saturated heterocycles. The maximum absolute atomic E-state index is 12.9. The van der Waals surface area contributed by atoms with Crippen LogP contribution in [-0.4, -0.2) is 78.7 Å². The molecule has 8 nitrogen and oxygen atoms in total. The molecule has 1 aliphatic heterocycles. The summed E-state index contributed by atoms with van der Waals surface area (Å²) in [6, 6.07) is 4.67. The Kier molecular flexibility index (Phi) is 8.05. The molecule has 0 radical (unpaired) electrons. The molecule has 1 heterocycles. The fourth-order valence-electron chi connectivity index (χ4n) is 2.97. The molecule has 0 saturated carbocycles. The van der Waals surface area contributed by atoms with Gasteiger partial charge in [-0.15, -0.1) is 0 Å². The third-order valence-corrected chi connectivity index (χ3v) is 6.90. The standard InChI is InChI=1S/C20H28N2O6S/c1-4-21(3)15(2)6-5-13-28-17-8-10-18(11-9-17)29(26,27)22-14-16(23)7-12-19(22)20(24)25/h8-11,15-16,19,23H,4,7,12-14H2,1-3H3,(H,24,25). The molecule has 9 heteroatoms. The van der Waals surface area contributed by atoms with E-state index in [0.29, 0.717) is 5.75 Å². The Morgan fingerprint density at radius 3 is 2.59 bits per heavy atom. The summed E-state index contributed by atoms with van der Waals surface area (Å²) in [5.41, 5.74) is 0. The van der Waals surface area contributed by atoms with E-state index in [4.69, 9.17) is 4.74 Å². The largest absolute Gasteiger partial charge is 0.481 e. The Morgan fingerprint density at radius 2 is 2.00 bits per heavy atom. The number of carboxylic acid groups (broad SMARTS) is 1. The van der Waals surface area contributed by atoms with Gasteiger partial charge in [-0.05, 0) is 57.6 Å². The zero-order valence-corrected chi connectivity index (χ0v) is 17.7. The summed E-state index contributed by atoms with van der Waals surface area (Å²) >= 11 is 0. The van der Waals surface area contributed by atoms with E-state index in [1.165, 1.54) is 24.3 Å². The first-order valence-electron chi connectivity index (χ1n) is 9.51. The molecular weight excluding hydrogens is 396 g/mol. The number of carbonyl (C=O) groups is 1. The van der Waals surface area contributed by atoms with Gasteiger partial charge in [0.25, 0.3) is 0 Å². The molecule has 0 amide bonds. The van der Waals surface area contributed by atoms with Crippen LogP contribution in [-0.2, 0) is 14.8 Å². The van der Waals surface area contributed by atoms with Crippen molar-refractivity contribution in [2.45, 2.75) is 49.8 Å². The summed E-state index contributed by atoms with van der Waals surface area (Å²) in [5, 5.41) is 19.1. The van der Waals surface area contributed by atoms with E-state index < -0.39 is 28.1 Å². The van der Waals surface area contributed by atoms with Crippen LogP contribution < -0.4 is 4.74 Å². The molecule has 2 N–H and O–H groups in total. The van der Waals surface area contributed by atoms with Crippen LogP contribution in [0, 0.1) is 11.8 Å². The van der Waals surface area contributed by atoms with Crippen LogP contribution in [0.4, 0.5) is 0 Å². The van der Waals surface area contributed by atoms with Gasteiger partial charge in [-0.2, -0.15) is 4.31 Å². The molecule has 3 unspecified atom stereocenters. The molecule has 1 aromatic carbocycles. The van der Waals surface area contributed by atoms with Gasteiger partial charge >= 0.3 is 5.97 Å². The van der Waals surface area contributed by atoms with Crippen molar-refractivity contribution in [1.82, 2.24) is 9.21 Å². The Hall–Kier alpha value is -2.12. The highest BCUT2D eigenvalue weighted by molar-refractivity contribution is 7.89. The lowest BCUT2D eigenvalue weighted by molar-refractivity contribution is -0.143. The van der Waals surface area contributed by atoms with Gasteiger partial charge in [-0.1, -0.05) is 18.8 Å².